The zero-order valence-corrected chi connectivity index (χ0v) is 13.9. The second kappa shape index (κ2) is 5.21. The van der Waals surface area contributed by atoms with E-state index in [9.17, 15) is 8.42 Å². The second-order valence-electron chi connectivity index (χ2n) is 4.69. The molecule has 0 saturated heterocycles. The van der Waals surface area contributed by atoms with E-state index in [4.69, 9.17) is 0 Å². The standard InChI is InChI=1S/C11H13BrN4O2S2/c1-7-10(12)19-11(14-7)20(17,18)15-8-2-4-16-5-3-13-9(16)6-8/h3,5,8,15H,2,4,6H2,1H3. The van der Waals surface area contributed by atoms with Crippen LogP contribution in [0.15, 0.2) is 20.5 Å². The van der Waals surface area contributed by atoms with Crippen molar-refractivity contribution >= 4 is 37.3 Å². The van der Waals surface area contributed by atoms with E-state index in [-0.39, 0.29) is 10.4 Å². The quantitative estimate of drug-likeness (QED) is 0.884. The lowest BCUT2D eigenvalue weighted by Crippen LogP contribution is -2.40. The summed E-state index contributed by atoms with van der Waals surface area (Å²) in [6.45, 7) is 2.56. The van der Waals surface area contributed by atoms with Gasteiger partial charge in [-0.2, -0.15) is 0 Å². The van der Waals surface area contributed by atoms with Gasteiger partial charge in [0.15, 0.2) is 0 Å². The summed E-state index contributed by atoms with van der Waals surface area (Å²) in [5, 5.41) is 0. The zero-order valence-electron chi connectivity index (χ0n) is 10.7. The van der Waals surface area contributed by atoms with Gasteiger partial charge in [-0.05, 0) is 29.3 Å². The van der Waals surface area contributed by atoms with Crippen LogP contribution in [-0.2, 0) is 23.0 Å². The minimum absolute atomic E-state index is 0.107. The first-order valence-corrected chi connectivity index (χ1v) is 9.20. The number of thiazole rings is 1. The number of hydrogen-bond donors (Lipinski definition) is 1. The molecule has 3 rings (SSSR count). The highest BCUT2D eigenvalue weighted by Crippen LogP contribution is 2.27. The van der Waals surface area contributed by atoms with Crippen LogP contribution in [0.5, 0.6) is 0 Å². The van der Waals surface area contributed by atoms with Gasteiger partial charge in [0.25, 0.3) is 10.0 Å². The van der Waals surface area contributed by atoms with Crippen molar-refractivity contribution < 1.29 is 8.42 Å². The zero-order chi connectivity index (χ0) is 14.3. The van der Waals surface area contributed by atoms with Gasteiger partial charge >= 0.3 is 0 Å². The van der Waals surface area contributed by atoms with Gasteiger partial charge in [-0.15, -0.1) is 0 Å². The summed E-state index contributed by atoms with van der Waals surface area (Å²) < 4.78 is 30.2. The molecule has 2 aromatic heterocycles. The van der Waals surface area contributed by atoms with Gasteiger partial charge in [-0.1, -0.05) is 11.3 Å². The third-order valence-electron chi connectivity index (χ3n) is 3.22. The van der Waals surface area contributed by atoms with Crippen molar-refractivity contribution in [3.63, 3.8) is 0 Å². The highest BCUT2D eigenvalue weighted by Gasteiger charge is 2.27. The maximum absolute atomic E-state index is 12.3. The van der Waals surface area contributed by atoms with Gasteiger partial charge < -0.3 is 4.57 Å². The predicted octanol–water partition coefficient (Wildman–Crippen LogP) is 1.70. The van der Waals surface area contributed by atoms with Gasteiger partial charge in [-0.3, -0.25) is 0 Å². The van der Waals surface area contributed by atoms with Crippen LogP contribution >= 0.6 is 27.3 Å². The van der Waals surface area contributed by atoms with Gasteiger partial charge in [-0.25, -0.2) is 23.1 Å². The first kappa shape index (κ1) is 14.2. The van der Waals surface area contributed by atoms with Crippen molar-refractivity contribution in [2.75, 3.05) is 0 Å². The molecule has 108 valence electrons. The normalized spacial score (nSPS) is 19.0. The molecule has 1 N–H and O–H groups in total. The van der Waals surface area contributed by atoms with E-state index in [1.54, 1.807) is 13.1 Å². The van der Waals surface area contributed by atoms with E-state index >= 15 is 0 Å². The Morgan fingerprint density at radius 3 is 3.05 bits per heavy atom. The molecule has 0 aromatic carbocycles. The van der Waals surface area contributed by atoms with E-state index in [1.165, 1.54) is 0 Å². The Morgan fingerprint density at radius 2 is 2.35 bits per heavy atom. The van der Waals surface area contributed by atoms with Gasteiger partial charge in [0, 0.05) is 31.4 Å². The largest absolute Gasteiger partial charge is 0.335 e. The highest BCUT2D eigenvalue weighted by molar-refractivity contribution is 9.11. The molecular weight excluding hydrogens is 364 g/mol. The molecule has 0 aliphatic carbocycles. The number of rotatable bonds is 3. The molecule has 1 atom stereocenters. The molecule has 0 saturated carbocycles. The van der Waals surface area contributed by atoms with Crippen LogP contribution < -0.4 is 4.72 Å². The molecule has 0 fully saturated rings. The minimum Gasteiger partial charge on any atom is -0.335 e. The van der Waals surface area contributed by atoms with Gasteiger partial charge in [0.2, 0.25) is 4.34 Å². The molecule has 1 unspecified atom stereocenters. The summed E-state index contributed by atoms with van der Waals surface area (Å²) in [7, 11) is -3.56. The van der Waals surface area contributed by atoms with Crippen molar-refractivity contribution in [2.45, 2.75) is 36.7 Å². The van der Waals surface area contributed by atoms with Gasteiger partial charge in [0.1, 0.15) is 5.82 Å². The van der Waals surface area contributed by atoms with Crippen LogP contribution in [0, 0.1) is 6.92 Å². The Balaban J connectivity index is 1.78. The lowest BCUT2D eigenvalue weighted by molar-refractivity contribution is 0.432. The Bertz CT molecular complexity index is 718. The van der Waals surface area contributed by atoms with Crippen LogP contribution in [-0.4, -0.2) is 29.0 Å². The third kappa shape index (κ3) is 2.67. The number of imidazole rings is 1. The van der Waals surface area contributed by atoms with Crippen molar-refractivity contribution in [2.24, 2.45) is 0 Å². The average Bonchev–Trinajstić information content (AvgIpc) is 2.96. The number of nitrogens with zero attached hydrogens (tertiary/aromatic N) is 3. The van der Waals surface area contributed by atoms with E-state index in [0.717, 1.165) is 33.9 Å². The average molecular weight is 377 g/mol. The monoisotopic (exact) mass is 376 g/mol. The van der Waals surface area contributed by atoms with Crippen molar-refractivity contribution in [3.8, 4) is 0 Å². The topological polar surface area (TPSA) is 76.9 Å². The maximum Gasteiger partial charge on any atom is 0.268 e. The Labute approximate surface area is 129 Å². The Hall–Kier alpha value is -0.770. The van der Waals surface area contributed by atoms with Crippen molar-refractivity contribution in [3.05, 3.63) is 27.7 Å². The molecule has 3 heterocycles. The number of fused-ring (bicyclic) bond motifs is 1. The van der Waals surface area contributed by atoms with E-state index < -0.39 is 10.0 Å². The molecule has 0 bridgehead atoms. The number of aromatic nitrogens is 3. The minimum atomic E-state index is -3.56. The number of aryl methyl sites for hydroxylation is 2. The fourth-order valence-electron chi connectivity index (χ4n) is 2.19. The molecule has 0 radical (unpaired) electrons. The number of hydrogen-bond acceptors (Lipinski definition) is 5. The maximum atomic E-state index is 12.3. The summed E-state index contributed by atoms with van der Waals surface area (Å²) in [6, 6.07) is -0.127. The van der Waals surface area contributed by atoms with Gasteiger partial charge in [0.05, 0.1) is 9.48 Å². The van der Waals surface area contributed by atoms with Crippen LogP contribution in [0.2, 0.25) is 0 Å². The van der Waals surface area contributed by atoms with Crippen molar-refractivity contribution in [1.82, 2.24) is 19.3 Å². The fourth-order valence-corrected chi connectivity index (χ4v) is 5.42. The first-order chi connectivity index (χ1) is 9.45. The summed E-state index contributed by atoms with van der Waals surface area (Å²) in [6.07, 6.45) is 5.03. The molecule has 1 aliphatic heterocycles. The molecule has 6 nitrogen and oxygen atoms in total. The number of halogens is 1. The smallest absolute Gasteiger partial charge is 0.268 e. The SMILES string of the molecule is Cc1nc(S(=O)(=O)NC2CCn3ccnc3C2)sc1Br. The molecule has 2 aromatic rings. The molecular formula is C11H13BrN4O2S2. The third-order valence-corrected chi connectivity index (χ3v) is 7.12. The highest BCUT2D eigenvalue weighted by atomic mass is 79.9. The summed E-state index contributed by atoms with van der Waals surface area (Å²) in [5.41, 5.74) is 0.689. The van der Waals surface area contributed by atoms with E-state index in [1.807, 2.05) is 6.20 Å². The second-order valence-corrected chi connectivity index (χ2v) is 8.89. The summed E-state index contributed by atoms with van der Waals surface area (Å²) in [5.74, 6) is 0.917. The van der Waals surface area contributed by atoms with Crippen molar-refractivity contribution in [1.29, 1.82) is 0 Å². The lowest BCUT2D eigenvalue weighted by Gasteiger charge is -2.23. The Kier molecular flexibility index (Phi) is 3.69. The predicted molar refractivity (Wildman–Crippen MR) is 79.2 cm³/mol. The lowest BCUT2D eigenvalue weighted by atomic mass is 10.1. The van der Waals surface area contributed by atoms with Crippen LogP contribution in [0.1, 0.15) is 17.9 Å². The molecule has 20 heavy (non-hydrogen) atoms. The van der Waals surface area contributed by atoms with Crippen LogP contribution in [0.3, 0.4) is 0 Å². The molecule has 0 spiro atoms. The van der Waals surface area contributed by atoms with Crippen LogP contribution in [0.4, 0.5) is 0 Å². The van der Waals surface area contributed by atoms with E-state index in [2.05, 4.69) is 35.2 Å². The summed E-state index contributed by atoms with van der Waals surface area (Å²) in [4.78, 5) is 8.32. The first-order valence-electron chi connectivity index (χ1n) is 6.11. The van der Waals surface area contributed by atoms with Crippen LogP contribution in [0.25, 0.3) is 0 Å². The van der Waals surface area contributed by atoms with E-state index in [0.29, 0.717) is 12.1 Å². The molecule has 0 amide bonds. The Morgan fingerprint density at radius 1 is 1.55 bits per heavy atom. The fraction of sp³-hybridized carbons (Fsp3) is 0.455. The molecule has 9 heteroatoms. The summed E-state index contributed by atoms with van der Waals surface area (Å²) >= 11 is 4.43. The number of nitrogens with one attached hydrogen (secondary N) is 1. The number of sulfonamides is 1. The molecule has 1 aliphatic rings.